The van der Waals surface area contributed by atoms with E-state index in [0.29, 0.717) is 24.9 Å². The van der Waals surface area contributed by atoms with Crippen LogP contribution in [-0.4, -0.2) is 75.7 Å². The first-order valence-electron chi connectivity index (χ1n) is 13.6. The number of rotatable bonds is 18. The lowest BCUT2D eigenvalue weighted by molar-refractivity contribution is -0.143. The number of phenols is 1. The van der Waals surface area contributed by atoms with Crippen molar-refractivity contribution in [3.63, 3.8) is 0 Å². The van der Waals surface area contributed by atoms with Crippen molar-refractivity contribution >= 4 is 29.7 Å². The third kappa shape index (κ3) is 11.9. The van der Waals surface area contributed by atoms with Crippen LogP contribution in [0.4, 0.5) is 0 Å². The summed E-state index contributed by atoms with van der Waals surface area (Å²) in [5.41, 5.74) is 12.9. The van der Waals surface area contributed by atoms with Crippen LogP contribution in [0.3, 0.4) is 0 Å². The number of carbonyl (C=O) groups is 5. The average Bonchev–Trinajstić information content (AvgIpc) is 2.95. The fraction of sp³-hybridized carbons (Fsp3) is 0.414. The second kappa shape index (κ2) is 17.4. The summed E-state index contributed by atoms with van der Waals surface area (Å²) in [6.45, 7) is 0.348. The molecule has 0 aliphatic carbocycles. The molecule has 0 aliphatic rings. The van der Waals surface area contributed by atoms with E-state index in [0.717, 1.165) is 5.56 Å². The highest BCUT2D eigenvalue weighted by atomic mass is 16.4. The number of hydrogen-bond donors (Lipinski definition) is 8. The zero-order chi connectivity index (χ0) is 31.1. The van der Waals surface area contributed by atoms with Crippen LogP contribution in [0.5, 0.6) is 5.75 Å². The number of carboxylic acids is 2. The van der Waals surface area contributed by atoms with Crippen LogP contribution in [0.2, 0.25) is 0 Å². The van der Waals surface area contributed by atoms with E-state index in [2.05, 4.69) is 16.0 Å². The number of nitrogens with two attached hydrogens (primary N) is 2. The Balaban J connectivity index is 2.23. The van der Waals surface area contributed by atoms with Crippen molar-refractivity contribution in [2.45, 2.75) is 69.1 Å². The van der Waals surface area contributed by atoms with E-state index in [1.54, 1.807) is 36.4 Å². The van der Waals surface area contributed by atoms with E-state index < -0.39 is 60.2 Å². The Labute approximate surface area is 243 Å². The van der Waals surface area contributed by atoms with Crippen LogP contribution in [0.25, 0.3) is 0 Å². The number of nitrogens with one attached hydrogen (secondary N) is 3. The molecule has 42 heavy (non-hydrogen) atoms. The molecule has 3 amide bonds. The number of unbranched alkanes of at least 4 members (excludes halogenated alkanes) is 1. The van der Waals surface area contributed by atoms with Crippen molar-refractivity contribution in [3.05, 3.63) is 65.7 Å². The summed E-state index contributed by atoms with van der Waals surface area (Å²) >= 11 is 0. The lowest BCUT2D eigenvalue weighted by Crippen LogP contribution is -2.57. The van der Waals surface area contributed by atoms with E-state index in [1.165, 1.54) is 12.1 Å². The molecule has 0 aliphatic heterocycles. The number of benzene rings is 2. The topological polar surface area (TPSA) is 234 Å². The van der Waals surface area contributed by atoms with E-state index in [9.17, 15) is 39.3 Å². The molecule has 0 fully saturated rings. The first-order valence-corrected chi connectivity index (χ1v) is 13.6. The Morgan fingerprint density at radius 3 is 1.86 bits per heavy atom. The number of aromatic hydroxyl groups is 1. The van der Waals surface area contributed by atoms with E-state index in [-0.39, 0.29) is 31.4 Å². The summed E-state index contributed by atoms with van der Waals surface area (Å²) in [7, 11) is 0. The minimum Gasteiger partial charge on any atom is -0.508 e. The molecule has 13 nitrogen and oxygen atoms in total. The van der Waals surface area contributed by atoms with E-state index in [4.69, 9.17) is 11.5 Å². The molecule has 2 aromatic carbocycles. The standard InChI is InChI=1S/C29H39N5O8/c30-15-5-4-8-23(29(41)42)33-27(39)22(13-14-25(36)37)32-28(40)24(17-19-9-11-20(35)12-10-19)34-26(38)21(31)16-18-6-2-1-3-7-18/h1-3,6-7,9-12,21-24,35H,4-5,8,13-17,30-31H2,(H,32,40)(H,33,39)(H,34,38)(H,36,37)(H,41,42). The molecule has 2 rings (SSSR count). The highest BCUT2D eigenvalue weighted by Gasteiger charge is 2.31. The minimum absolute atomic E-state index is 0.00137. The normalized spacial score (nSPS) is 13.7. The molecular weight excluding hydrogens is 546 g/mol. The second-order valence-corrected chi connectivity index (χ2v) is 9.91. The van der Waals surface area contributed by atoms with Gasteiger partial charge in [-0.25, -0.2) is 4.79 Å². The molecule has 0 heterocycles. The Kier molecular flexibility index (Phi) is 13.9. The van der Waals surface area contributed by atoms with Crippen molar-refractivity contribution in [1.29, 1.82) is 0 Å². The molecule has 0 spiro atoms. The quantitative estimate of drug-likeness (QED) is 0.109. The number of aliphatic carboxylic acids is 2. The molecule has 4 atom stereocenters. The highest BCUT2D eigenvalue weighted by molar-refractivity contribution is 5.94. The first kappa shape index (κ1) is 33.7. The summed E-state index contributed by atoms with van der Waals surface area (Å²) in [5.74, 6) is -4.81. The van der Waals surface area contributed by atoms with Gasteiger partial charge in [0.25, 0.3) is 0 Å². The van der Waals surface area contributed by atoms with Gasteiger partial charge in [0.05, 0.1) is 6.04 Å². The van der Waals surface area contributed by atoms with E-state index in [1.807, 2.05) is 6.07 Å². The van der Waals surface area contributed by atoms with Crippen LogP contribution >= 0.6 is 0 Å². The number of amides is 3. The SMILES string of the molecule is NCCCCC(NC(=O)C(CCC(=O)O)NC(=O)C(Cc1ccc(O)cc1)NC(=O)C(N)Cc1ccccc1)C(=O)O. The number of carboxylic acid groups (broad SMARTS) is 2. The molecule has 0 saturated carbocycles. The predicted molar refractivity (Wildman–Crippen MR) is 153 cm³/mol. The minimum atomic E-state index is -1.40. The fourth-order valence-electron chi connectivity index (χ4n) is 4.15. The summed E-state index contributed by atoms with van der Waals surface area (Å²) in [4.78, 5) is 62.4. The van der Waals surface area contributed by atoms with Crippen LogP contribution in [0, 0.1) is 0 Å². The van der Waals surface area contributed by atoms with Crippen molar-refractivity contribution in [2.75, 3.05) is 6.54 Å². The zero-order valence-electron chi connectivity index (χ0n) is 23.2. The van der Waals surface area contributed by atoms with Crippen LogP contribution in [0.15, 0.2) is 54.6 Å². The lowest BCUT2D eigenvalue weighted by Gasteiger charge is -2.25. The molecule has 4 unspecified atom stereocenters. The Morgan fingerprint density at radius 2 is 1.26 bits per heavy atom. The van der Waals surface area contributed by atoms with Gasteiger partial charge in [0.2, 0.25) is 17.7 Å². The summed E-state index contributed by atoms with van der Waals surface area (Å²) in [5, 5.41) is 35.8. The number of carbonyl (C=O) groups excluding carboxylic acids is 3. The molecule has 0 saturated heterocycles. The molecule has 228 valence electrons. The molecule has 13 heteroatoms. The van der Waals surface area contributed by atoms with Gasteiger partial charge in [0.15, 0.2) is 0 Å². The van der Waals surface area contributed by atoms with Gasteiger partial charge in [-0.3, -0.25) is 19.2 Å². The Bertz CT molecular complexity index is 1190. The maximum absolute atomic E-state index is 13.4. The molecule has 0 radical (unpaired) electrons. The molecule has 0 bridgehead atoms. The van der Waals surface area contributed by atoms with Crippen LogP contribution in [0.1, 0.15) is 43.2 Å². The average molecular weight is 586 g/mol. The van der Waals surface area contributed by atoms with Crippen molar-refractivity contribution in [3.8, 4) is 5.75 Å². The summed E-state index contributed by atoms with van der Waals surface area (Å²) in [6, 6.07) is 10.1. The smallest absolute Gasteiger partial charge is 0.326 e. The Hall–Kier alpha value is -4.49. The molecule has 0 aromatic heterocycles. The van der Waals surface area contributed by atoms with Gasteiger partial charge < -0.3 is 42.7 Å². The van der Waals surface area contributed by atoms with Crippen molar-refractivity contribution < 1.29 is 39.3 Å². The van der Waals surface area contributed by atoms with Crippen molar-refractivity contribution in [1.82, 2.24) is 16.0 Å². The lowest BCUT2D eigenvalue weighted by atomic mass is 10.0. The maximum Gasteiger partial charge on any atom is 0.326 e. The van der Waals surface area contributed by atoms with E-state index >= 15 is 0 Å². The van der Waals surface area contributed by atoms with Crippen LogP contribution < -0.4 is 27.4 Å². The second-order valence-electron chi connectivity index (χ2n) is 9.91. The summed E-state index contributed by atoms with van der Waals surface area (Å²) in [6.07, 6.45) is 0.421. The highest BCUT2D eigenvalue weighted by Crippen LogP contribution is 2.13. The van der Waals surface area contributed by atoms with Crippen LogP contribution in [-0.2, 0) is 36.8 Å². The van der Waals surface area contributed by atoms with Gasteiger partial charge in [0.1, 0.15) is 23.9 Å². The van der Waals surface area contributed by atoms with Gasteiger partial charge >= 0.3 is 11.9 Å². The van der Waals surface area contributed by atoms with Gasteiger partial charge in [0, 0.05) is 12.8 Å². The Morgan fingerprint density at radius 1 is 0.690 bits per heavy atom. The third-order valence-electron chi connectivity index (χ3n) is 6.49. The maximum atomic E-state index is 13.4. The number of phenolic OH excluding ortho intramolecular Hbond substituents is 1. The number of hydrogen-bond acceptors (Lipinski definition) is 8. The first-order chi connectivity index (χ1) is 20.0. The molecular formula is C29H39N5O8. The van der Waals surface area contributed by atoms with Gasteiger partial charge in [-0.1, -0.05) is 42.5 Å². The summed E-state index contributed by atoms with van der Waals surface area (Å²) < 4.78 is 0. The predicted octanol–water partition coefficient (Wildman–Crippen LogP) is 0.0375. The van der Waals surface area contributed by atoms with Crippen molar-refractivity contribution in [2.24, 2.45) is 11.5 Å². The largest absolute Gasteiger partial charge is 0.508 e. The van der Waals surface area contributed by atoms with Gasteiger partial charge in [-0.15, -0.1) is 0 Å². The third-order valence-corrected chi connectivity index (χ3v) is 6.49. The monoisotopic (exact) mass is 585 g/mol. The molecule has 2 aromatic rings. The van der Waals surface area contributed by atoms with Gasteiger partial charge in [-0.05, 0) is 61.9 Å². The molecule has 10 N–H and O–H groups in total. The van der Waals surface area contributed by atoms with Gasteiger partial charge in [-0.2, -0.15) is 0 Å². The zero-order valence-corrected chi connectivity index (χ0v) is 23.2. The fourth-order valence-corrected chi connectivity index (χ4v) is 4.15.